The molecular formula is C16H16Br2N2. The molecule has 0 aliphatic heterocycles. The maximum atomic E-state index is 5.01. The molecule has 1 saturated carbocycles. The van der Waals surface area contributed by atoms with Crippen LogP contribution in [0, 0.1) is 5.41 Å². The summed E-state index contributed by atoms with van der Waals surface area (Å²) in [5, 5.41) is 1.98. The lowest BCUT2D eigenvalue weighted by Crippen LogP contribution is -2.40. The van der Waals surface area contributed by atoms with Crippen molar-refractivity contribution in [3.63, 3.8) is 0 Å². The van der Waals surface area contributed by atoms with E-state index < -0.39 is 0 Å². The van der Waals surface area contributed by atoms with Crippen molar-refractivity contribution in [3.8, 4) is 0 Å². The van der Waals surface area contributed by atoms with Gasteiger partial charge in [0.15, 0.2) is 0 Å². The minimum absolute atomic E-state index is 0.132. The van der Waals surface area contributed by atoms with Gasteiger partial charge in [-0.2, -0.15) is 0 Å². The minimum atomic E-state index is 0.132. The molecule has 2 nitrogen and oxygen atoms in total. The first-order valence-corrected chi connectivity index (χ1v) is 9.30. The molecule has 0 amide bonds. The van der Waals surface area contributed by atoms with Crippen LogP contribution in [-0.4, -0.2) is 20.6 Å². The smallest absolute Gasteiger partial charge is 0.0890 e. The van der Waals surface area contributed by atoms with Crippen molar-refractivity contribution in [3.05, 3.63) is 35.7 Å². The highest BCUT2D eigenvalue weighted by atomic mass is 79.9. The Morgan fingerprint density at radius 2 is 1.85 bits per heavy atom. The van der Waals surface area contributed by atoms with Crippen molar-refractivity contribution in [2.24, 2.45) is 5.41 Å². The largest absolute Gasteiger partial charge is 0.249 e. The van der Waals surface area contributed by atoms with Gasteiger partial charge in [0.1, 0.15) is 0 Å². The minimum Gasteiger partial charge on any atom is -0.249 e. The summed E-state index contributed by atoms with van der Waals surface area (Å²) in [6, 6.07) is 8.23. The number of benzene rings is 1. The molecule has 20 heavy (non-hydrogen) atoms. The summed E-state index contributed by atoms with van der Waals surface area (Å²) in [4.78, 5) is 9.98. The lowest BCUT2D eigenvalue weighted by molar-refractivity contribution is 0.243. The molecule has 0 saturated heterocycles. The van der Waals surface area contributed by atoms with Gasteiger partial charge in [-0.15, -0.1) is 0 Å². The Balaban J connectivity index is 2.05. The third-order valence-corrected chi connectivity index (χ3v) is 7.73. The van der Waals surface area contributed by atoms with Crippen LogP contribution in [0.5, 0.6) is 0 Å². The van der Waals surface area contributed by atoms with E-state index in [1.54, 1.807) is 0 Å². The molecule has 3 atom stereocenters. The molecule has 0 N–H and O–H groups in total. The summed E-state index contributed by atoms with van der Waals surface area (Å²) in [5.74, 6) is 0.534. The summed E-state index contributed by atoms with van der Waals surface area (Å²) in [7, 11) is 0. The summed E-state index contributed by atoms with van der Waals surface area (Å²) in [6.07, 6.45) is 2.44. The van der Waals surface area contributed by atoms with Crippen molar-refractivity contribution in [2.75, 3.05) is 10.7 Å². The fourth-order valence-corrected chi connectivity index (χ4v) is 6.38. The van der Waals surface area contributed by atoms with Gasteiger partial charge in [-0.25, -0.2) is 9.97 Å². The Labute approximate surface area is 135 Å². The SMILES string of the molecule is C[C@]1(CBr)[C@@H]2CC[C@]1(CBr)c1nc3ccccc3nc12. The second kappa shape index (κ2) is 4.26. The third kappa shape index (κ3) is 1.35. The summed E-state index contributed by atoms with van der Waals surface area (Å²) >= 11 is 7.55. The standard InChI is InChI=1S/C16H16Br2N2/c1-15(8-17)10-6-7-16(15,9-18)14-13(10)19-11-4-2-3-5-12(11)20-14/h2-5,10H,6-9H2,1H3/t10-,15+,16+/m1/s1. The topological polar surface area (TPSA) is 25.8 Å². The normalized spacial score (nSPS) is 34.6. The first-order chi connectivity index (χ1) is 9.66. The monoisotopic (exact) mass is 394 g/mol. The summed E-state index contributed by atoms with van der Waals surface area (Å²) < 4.78 is 0. The van der Waals surface area contributed by atoms with E-state index in [-0.39, 0.29) is 10.8 Å². The zero-order valence-corrected chi connectivity index (χ0v) is 14.5. The number of nitrogens with zero attached hydrogens (tertiary/aromatic N) is 2. The number of hydrogen-bond donors (Lipinski definition) is 0. The fourth-order valence-electron chi connectivity index (χ4n) is 4.27. The van der Waals surface area contributed by atoms with E-state index in [1.807, 2.05) is 12.1 Å². The van der Waals surface area contributed by atoms with Crippen molar-refractivity contribution in [1.29, 1.82) is 0 Å². The van der Waals surface area contributed by atoms with Crippen LogP contribution in [0.1, 0.15) is 37.1 Å². The second-order valence-electron chi connectivity index (χ2n) is 6.30. The maximum Gasteiger partial charge on any atom is 0.0890 e. The number of para-hydroxylation sites is 2. The van der Waals surface area contributed by atoms with E-state index in [9.17, 15) is 0 Å². The van der Waals surface area contributed by atoms with Crippen molar-refractivity contribution in [2.45, 2.75) is 31.1 Å². The average molecular weight is 396 g/mol. The molecule has 2 aliphatic carbocycles. The number of fused-ring (bicyclic) bond motifs is 6. The first kappa shape index (κ1) is 13.2. The van der Waals surface area contributed by atoms with Crippen LogP contribution >= 0.6 is 31.9 Å². The molecule has 1 aromatic heterocycles. The zero-order chi connectivity index (χ0) is 14.0. The Morgan fingerprint density at radius 3 is 2.50 bits per heavy atom. The van der Waals surface area contributed by atoms with E-state index >= 15 is 0 Å². The molecule has 4 heteroatoms. The maximum absolute atomic E-state index is 5.01. The molecule has 104 valence electrons. The summed E-state index contributed by atoms with van der Waals surface area (Å²) in [5.41, 5.74) is 4.89. The number of halogens is 2. The van der Waals surface area contributed by atoms with Crippen LogP contribution in [-0.2, 0) is 5.41 Å². The van der Waals surface area contributed by atoms with Gasteiger partial charge in [0.25, 0.3) is 0 Å². The number of alkyl halides is 2. The first-order valence-electron chi connectivity index (χ1n) is 7.05. The summed E-state index contributed by atoms with van der Waals surface area (Å²) in [6.45, 7) is 2.40. The highest BCUT2D eigenvalue weighted by Gasteiger charge is 2.65. The van der Waals surface area contributed by atoms with E-state index in [0.29, 0.717) is 5.92 Å². The molecule has 2 aliphatic rings. The molecule has 0 spiro atoms. The second-order valence-corrected chi connectivity index (χ2v) is 7.43. The van der Waals surface area contributed by atoms with Gasteiger partial charge in [0.2, 0.25) is 0 Å². The van der Waals surface area contributed by atoms with Crippen LogP contribution in [0.2, 0.25) is 0 Å². The van der Waals surface area contributed by atoms with Gasteiger partial charge in [-0.05, 0) is 30.4 Å². The Bertz CT molecular complexity index is 702. The van der Waals surface area contributed by atoms with Crippen molar-refractivity contribution < 1.29 is 0 Å². The Hall–Kier alpha value is -0.480. The molecule has 1 heterocycles. The number of aromatic nitrogens is 2. The van der Waals surface area contributed by atoms with Gasteiger partial charge in [-0.3, -0.25) is 0 Å². The molecule has 0 radical (unpaired) electrons. The van der Waals surface area contributed by atoms with E-state index in [0.717, 1.165) is 21.7 Å². The molecule has 2 bridgehead atoms. The van der Waals surface area contributed by atoms with E-state index in [1.165, 1.54) is 24.2 Å². The molecule has 0 unspecified atom stereocenters. The third-order valence-electron chi connectivity index (χ3n) is 5.61. The Morgan fingerprint density at radius 1 is 1.15 bits per heavy atom. The van der Waals surface area contributed by atoms with Gasteiger partial charge >= 0.3 is 0 Å². The lowest BCUT2D eigenvalue weighted by atomic mass is 9.70. The predicted molar refractivity (Wildman–Crippen MR) is 88.9 cm³/mol. The predicted octanol–water partition coefficient (Wildman–Crippen LogP) is 4.55. The van der Waals surface area contributed by atoms with Crippen molar-refractivity contribution >= 4 is 42.9 Å². The highest BCUT2D eigenvalue weighted by Crippen LogP contribution is 2.68. The van der Waals surface area contributed by atoms with Gasteiger partial charge in [-0.1, -0.05) is 50.9 Å². The van der Waals surface area contributed by atoms with Crippen LogP contribution in [0.3, 0.4) is 0 Å². The molecular weight excluding hydrogens is 380 g/mol. The average Bonchev–Trinajstić information content (AvgIpc) is 2.90. The Kier molecular flexibility index (Phi) is 2.81. The van der Waals surface area contributed by atoms with Crippen LogP contribution in [0.15, 0.2) is 24.3 Å². The molecule has 1 aromatic carbocycles. The quantitative estimate of drug-likeness (QED) is 0.696. The number of hydrogen-bond acceptors (Lipinski definition) is 2. The number of rotatable bonds is 2. The molecule has 1 fully saturated rings. The van der Waals surface area contributed by atoms with Crippen LogP contribution in [0.4, 0.5) is 0 Å². The van der Waals surface area contributed by atoms with Gasteiger partial charge in [0, 0.05) is 22.0 Å². The highest BCUT2D eigenvalue weighted by molar-refractivity contribution is 9.09. The molecule has 4 rings (SSSR count). The van der Waals surface area contributed by atoms with Crippen LogP contribution in [0.25, 0.3) is 11.0 Å². The van der Waals surface area contributed by atoms with Crippen molar-refractivity contribution in [1.82, 2.24) is 9.97 Å². The van der Waals surface area contributed by atoms with E-state index in [2.05, 4.69) is 50.9 Å². The zero-order valence-electron chi connectivity index (χ0n) is 11.4. The van der Waals surface area contributed by atoms with E-state index in [4.69, 9.17) is 9.97 Å². The van der Waals surface area contributed by atoms with Gasteiger partial charge < -0.3 is 0 Å². The fraction of sp³-hybridized carbons (Fsp3) is 0.500. The van der Waals surface area contributed by atoms with Gasteiger partial charge in [0.05, 0.1) is 22.4 Å². The lowest BCUT2D eigenvalue weighted by Gasteiger charge is -2.38. The molecule has 2 aromatic rings. The van der Waals surface area contributed by atoms with Crippen LogP contribution < -0.4 is 0 Å².